The number of ketones is 1. The second kappa shape index (κ2) is 3.92. The molecule has 5 nitrogen and oxygen atoms in total. The zero-order valence-electron chi connectivity index (χ0n) is 9.26. The van der Waals surface area contributed by atoms with Gasteiger partial charge < -0.3 is 10.6 Å². The fourth-order valence-electron chi connectivity index (χ4n) is 1.77. The van der Waals surface area contributed by atoms with E-state index in [9.17, 15) is 9.59 Å². The predicted octanol–water partition coefficient (Wildman–Crippen LogP) is -0.0927. The molecule has 0 atom stereocenters. The number of hydrogen-bond donors (Lipinski definition) is 2. The summed E-state index contributed by atoms with van der Waals surface area (Å²) in [6.45, 7) is 4.54. The lowest BCUT2D eigenvalue weighted by Crippen LogP contribution is -2.36. The molecule has 0 unspecified atom stereocenters. The molecule has 0 saturated carbocycles. The Morgan fingerprint density at radius 3 is 3.00 bits per heavy atom. The molecule has 84 valence electrons. The van der Waals surface area contributed by atoms with Crippen molar-refractivity contribution < 1.29 is 9.59 Å². The summed E-state index contributed by atoms with van der Waals surface area (Å²) in [5.41, 5.74) is 2.43. The van der Waals surface area contributed by atoms with Gasteiger partial charge in [0.15, 0.2) is 0 Å². The molecule has 2 aliphatic rings. The topological polar surface area (TPSA) is 70.6 Å². The van der Waals surface area contributed by atoms with Gasteiger partial charge in [-0.3, -0.25) is 14.6 Å². The average molecular weight is 219 g/mol. The summed E-state index contributed by atoms with van der Waals surface area (Å²) in [7, 11) is 0. The first kappa shape index (κ1) is 10.6. The van der Waals surface area contributed by atoms with Crippen LogP contribution in [0.4, 0.5) is 0 Å². The third-order valence-corrected chi connectivity index (χ3v) is 2.50. The number of hydrogen-bond acceptors (Lipinski definition) is 4. The van der Waals surface area contributed by atoms with Gasteiger partial charge >= 0.3 is 0 Å². The van der Waals surface area contributed by atoms with Gasteiger partial charge in [0.25, 0.3) is 0 Å². The fraction of sp³-hybridized carbons (Fsp3) is 0.364. The van der Waals surface area contributed by atoms with Crippen molar-refractivity contribution in [1.82, 2.24) is 10.6 Å². The van der Waals surface area contributed by atoms with Gasteiger partial charge in [0.05, 0.1) is 23.7 Å². The number of fused-ring (bicyclic) bond motifs is 1. The van der Waals surface area contributed by atoms with E-state index < -0.39 is 0 Å². The lowest BCUT2D eigenvalue weighted by Gasteiger charge is -2.23. The van der Waals surface area contributed by atoms with Crippen molar-refractivity contribution in [1.29, 1.82) is 0 Å². The summed E-state index contributed by atoms with van der Waals surface area (Å²) in [5, 5.41) is 5.67. The van der Waals surface area contributed by atoms with Crippen LogP contribution in [0.15, 0.2) is 28.0 Å². The molecule has 0 spiro atoms. The minimum Gasteiger partial charge on any atom is -0.381 e. The number of carbonyl (C=O) groups is 2. The number of Topliss-reactive ketones (excluding diaryl/α,β-unsaturated/α-hetero) is 1. The van der Waals surface area contributed by atoms with Crippen LogP contribution in [0.2, 0.25) is 0 Å². The SMILES string of the molecule is CC(=O)NC1=CC2=NCCNC2=C(C)C1=O. The quantitative estimate of drug-likeness (QED) is 0.605. The lowest BCUT2D eigenvalue weighted by atomic mass is 9.97. The normalized spacial score (nSPS) is 19.5. The highest BCUT2D eigenvalue weighted by Gasteiger charge is 2.25. The molecule has 1 aliphatic heterocycles. The lowest BCUT2D eigenvalue weighted by molar-refractivity contribution is -0.120. The van der Waals surface area contributed by atoms with E-state index in [0.717, 1.165) is 18.0 Å². The van der Waals surface area contributed by atoms with Crippen molar-refractivity contribution in [2.45, 2.75) is 13.8 Å². The molecule has 0 bridgehead atoms. The zero-order valence-corrected chi connectivity index (χ0v) is 9.26. The highest BCUT2D eigenvalue weighted by molar-refractivity contribution is 6.24. The van der Waals surface area contributed by atoms with Crippen LogP contribution in [0, 0.1) is 0 Å². The first-order chi connectivity index (χ1) is 7.59. The minimum absolute atomic E-state index is 0.154. The molecule has 2 rings (SSSR count). The monoisotopic (exact) mass is 219 g/mol. The Kier molecular flexibility index (Phi) is 2.60. The molecule has 1 amide bonds. The van der Waals surface area contributed by atoms with E-state index in [-0.39, 0.29) is 11.7 Å². The van der Waals surface area contributed by atoms with Crippen LogP contribution >= 0.6 is 0 Å². The molecule has 1 aliphatic carbocycles. The molecule has 0 radical (unpaired) electrons. The molecule has 0 fully saturated rings. The van der Waals surface area contributed by atoms with Crippen LogP contribution in [0.25, 0.3) is 0 Å². The second-order valence-corrected chi connectivity index (χ2v) is 3.76. The Hall–Kier alpha value is -1.91. The molecule has 0 aromatic heterocycles. The highest BCUT2D eigenvalue weighted by Crippen LogP contribution is 2.18. The number of nitrogens with one attached hydrogen (secondary N) is 2. The van der Waals surface area contributed by atoms with Crippen LogP contribution in [-0.2, 0) is 9.59 Å². The molecule has 0 aromatic rings. The van der Waals surface area contributed by atoms with Gasteiger partial charge in [0, 0.05) is 19.0 Å². The third-order valence-electron chi connectivity index (χ3n) is 2.50. The van der Waals surface area contributed by atoms with Gasteiger partial charge in [0.1, 0.15) is 0 Å². The van der Waals surface area contributed by atoms with E-state index in [1.165, 1.54) is 6.92 Å². The Labute approximate surface area is 93.3 Å². The molecule has 2 N–H and O–H groups in total. The number of nitrogens with zero attached hydrogens (tertiary/aromatic N) is 1. The summed E-state index contributed by atoms with van der Waals surface area (Å²) < 4.78 is 0. The maximum Gasteiger partial charge on any atom is 0.221 e. The van der Waals surface area contributed by atoms with Crippen molar-refractivity contribution in [2.24, 2.45) is 4.99 Å². The molecular formula is C11H13N3O2. The molecule has 0 aromatic carbocycles. The van der Waals surface area contributed by atoms with Gasteiger partial charge in [-0.1, -0.05) is 0 Å². The molecule has 16 heavy (non-hydrogen) atoms. The van der Waals surface area contributed by atoms with Crippen LogP contribution in [0.1, 0.15) is 13.8 Å². The Morgan fingerprint density at radius 2 is 2.31 bits per heavy atom. The van der Waals surface area contributed by atoms with E-state index >= 15 is 0 Å². The average Bonchev–Trinajstić information content (AvgIpc) is 2.25. The number of rotatable bonds is 1. The minimum atomic E-state index is -0.250. The largest absolute Gasteiger partial charge is 0.381 e. The summed E-state index contributed by atoms with van der Waals surface area (Å²) >= 11 is 0. The number of aliphatic imine (C=N–C) groups is 1. The van der Waals surface area contributed by atoms with Gasteiger partial charge in [-0.2, -0.15) is 0 Å². The first-order valence-electron chi connectivity index (χ1n) is 5.13. The summed E-state index contributed by atoms with van der Waals surface area (Å²) in [6.07, 6.45) is 1.62. The van der Waals surface area contributed by atoms with Crippen molar-refractivity contribution >= 4 is 17.4 Å². The van der Waals surface area contributed by atoms with Crippen molar-refractivity contribution in [3.8, 4) is 0 Å². The molecule has 5 heteroatoms. The van der Waals surface area contributed by atoms with Crippen molar-refractivity contribution in [2.75, 3.05) is 13.1 Å². The Morgan fingerprint density at radius 1 is 1.56 bits per heavy atom. The van der Waals surface area contributed by atoms with E-state index in [1.54, 1.807) is 13.0 Å². The maximum absolute atomic E-state index is 11.9. The van der Waals surface area contributed by atoms with Gasteiger partial charge in [-0.05, 0) is 13.0 Å². The van der Waals surface area contributed by atoms with Crippen molar-refractivity contribution in [3.05, 3.63) is 23.0 Å². The van der Waals surface area contributed by atoms with Crippen LogP contribution in [-0.4, -0.2) is 30.5 Å². The number of carbonyl (C=O) groups excluding carboxylic acids is 2. The van der Waals surface area contributed by atoms with Gasteiger partial charge in [-0.15, -0.1) is 0 Å². The second-order valence-electron chi connectivity index (χ2n) is 3.76. The van der Waals surface area contributed by atoms with E-state index in [2.05, 4.69) is 15.6 Å². The summed E-state index contributed by atoms with van der Waals surface area (Å²) in [6, 6.07) is 0. The first-order valence-corrected chi connectivity index (χ1v) is 5.13. The third kappa shape index (κ3) is 1.76. The standard InChI is InChI=1S/C11H13N3O2/c1-6-10-8(12-3-4-13-10)5-9(11(6)16)14-7(2)15/h5,13H,3-4H2,1-2H3,(H,14,15). The summed E-state index contributed by atoms with van der Waals surface area (Å²) in [4.78, 5) is 27.1. The zero-order chi connectivity index (χ0) is 11.7. The predicted molar refractivity (Wildman–Crippen MR) is 59.9 cm³/mol. The van der Waals surface area contributed by atoms with Crippen LogP contribution in [0.3, 0.4) is 0 Å². The molecular weight excluding hydrogens is 206 g/mol. The van der Waals surface area contributed by atoms with Crippen LogP contribution in [0.5, 0.6) is 0 Å². The van der Waals surface area contributed by atoms with E-state index in [0.29, 0.717) is 17.8 Å². The Bertz CT molecular complexity index is 458. The van der Waals surface area contributed by atoms with Crippen LogP contribution < -0.4 is 10.6 Å². The van der Waals surface area contributed by atoms with E-state index in [1.807, 2.05) is 0 Å². The number of amides is 1. The smallest absolute Gasteiger partial charge is 0.221 e. The van der Waals surface area contributed by atoms with Gasteiger partial charge in [-0.25, -0.2) is 0 Å². The highest BCUT2D eigenvalue weighted by atomic mass is 16.2. The maximum atomic E-state index is 11.9. The molecule has 0 saturated heterocycles. The summed E-state index contributed by atoms with van der Waals surface area (Å²) in [5.74, 6) is -0.404. The number of allylic oxidation sites excluding steroid dienone is 2. The molecule has 1 heterocycles. The van der Waals surface area contributed by atoms with Gasteiger partial charge in [0.2, 0.25) is 11.7 Å². The van der Waals surface area contributed by atoms with E-state index in [4.69, 9.17) is 0 Å². The van der Waals surface area contributed by atoms with Crippen molar-refractivity contribution in [3.63, 3.8) is 0 Å². The fourth-order valence-corrected chi connectivity index (χ4v) is 1.77. The Balaban J connectivity index is 2.38.